The van der Waals surface area contributed by atoms with Crippen molar-refractivity contribution >= 4 is 23.4 Å². The number of unbranched alkanes of at least 4 members (excludes halogenated alkanes) is 1. The van der Waals surface area contributed by atoms with Crippen LogP contribution >= 0.6 is 11.6 Å². The van der Waals surface area contributed by atoms with E-state index in [0.29, 0.717) is 24.7 Å². The number of nitrogens with one attached hydrogen (secondary N) is 2. The SMILES string of the molecule is CCCCNC(=O)CN1CCN(C(=O)CN[C@@H](C)c2ccccc2Cl)CC1. The van der Waals surface area contributed by atoms with E-state index < -0.39 is 0 Å². The van der Waals surface area contributed by atoms with Crippen LogP contribution < -0.4 is 10.6 Å². The number of benzene rings is 1. The quantitative estimate of drug-likeness (QED) is 0.629. The van der Waals surface area contributed by atoms with Crippen LogP contribution in [-0.4, -0.2) is 67.4 Å². The highest BCUT2D eigenvalue weighted by atomic mass is 35.5. The molecule has 27 heavy (non-hydrogen) atoms. The Morgan fingerprint density at radius 3 is 2.56 bits per heavy atom. The van der Waals surface area contributed by atoms with Gasteiger partial charge in [-0.25, -0.2) is 0 Å². The molecular formula is C20H31ClN4O2. The van der Waals surface area contributed by atoms with E-state index >= 15 is 0 Å². The molecule has 7 heteroatoms. The van der Waals surface area contributed by atoms with E-state index in [1.807, 2.05) is 36.1 Å². The summed E-state index contributed by atoms with van der Waals surface area (Å²) in [6.45, 7) is 8.31. The Kier molecular flexibility index (Phi) is 9.04. The monoisotopic (exact) mass is 394 g/mol. The van der Waals surface area contributed by atoms with Gasteiger partial charge >= 0.3 is 0 Å². The summed E-state index contributed by atoms with van der Waals surface area (Å²) in [4.78, 5) is 28.3. The second-order valence-corrected chi connectivity index (χ2v) is 7.39. The standard InChI is InChI=1S/C20H31ClN4O2/c1-3-4-9-22-19(26)15-24-10-12-25(13-11-24)20(27)14-23-16(2)17-7-5-6-8-18(17)21/h5-8,16,23H,3-4,9-15H2,1-2H3,(H,22,26)/t16-/m0/s1. The predicted molar refractivity (Wildman–Crippen MR) is 109 cm³/mol. The highest BCUT2D eigenvalue weighted by Gasteiger charge is 2.22. The third-order valence-electron chi connectivity index (χ3n) is 4.88. The van der Waals surface area contributed by atoms with E-state index in [0.717, 1.165) is 38.0 Å². The molecule has 1 aliphatic heterocycles. The lowest BCUT2D eigenvalue weighted by Crippen LogP contribution is -2.52. The maximum atomic E-state index is 12.5. The van der Waals surface area contributed by atoms with Gasteiger partial charge in [-0.15, -0.1) is 0 Å². The number of halogens is 1. The van der Waals surface area contributed by atoms with Crippen LogP contribution in [0.3, 0.4) is 0 Å². The van der Waals surface area contributed by atoms with Gasteiger partial charge in [0.15, 0.2) is 0 Å². The van der Waals surface area contributed by atoms with Gasteiger partial charge in [-0.1, -0.05) is 43.1 Å². The predicted octanol–water partition coefficient (Wildman–Crippen LogP) is 2.05. The largest absolute Gasteiger partial charge is 0.355 e. The first-order valence-electron chi connectivity index (χ1n) is 9.76. The molecule has 0 radical (unpaired) electrons. The molecule has 2 rings (SSSR count). The van der Waals surface area contributed by atoms with Crippen LogP contribution in [0.1, 0.15) is 38.3 Å². The zero-order valence-corrected chi connectivity index (χ0v) is 17.1. The number of carbonyl (C=O) groups is 2. The molecule has 0 saturated carbocycles. The lowest BCUT2D eigenvalue weighted by Gasteiger charge is -2.34. The maximum absolute atomic E-state index is 12.5. The van der Waals surface area contributed by atoms with Gasteiger partial charge < -0.3 is 15.5 Å². The lowest BCUT2D eigenvalue weighted by molar-refractivity contribution is -0.132. The van der Waals surface area contributed by atoms with E-state index in [-0.39, 0.29) is 24.4 Å². The molecule has 6 nitrogen and oxygen atoms in total. The van der Waals surface area contributed by atoms with Crippen molar-refractivity contribution in [2.75, 3.05) is 45.8 Å². The van der Waals surface area contributed by atoms with Crippen molar-refractivity contribution in [3.05, 3.63) is 34.9 Å². The lowest BCUT2D eigenvalue weighted by atomic mass is 10.1. The molecule has 2 N–H and O–H groups in total. The number of carbonyl (C=O) groups excluding carboxylic acids is 2. The van der Waals surface area contributed by atoms with Gasteiger partial charge in [-0.3, -0.25) is 14.5 Å². The fraction of sp³-hybridized carbons (Fsp3) is 0.600. The summed E-state index contributed by atoms with van der Waals surface area (Å²) in [7, 11) is 0. The van der Waals surface area contributed by atoms with Gasteiger partial charge in [0.05, 0.1) is 13.1 Å². The van der Waals surface area contributed by atoms with Crippen LogP contribution in [0.25, 0.3) is 0 Å². The fourth-order valence-corrected chi connectivity index (χ4v) is 3.41. The first-order chi connectivity index (χ1) is 13.0. The van der Waals surface area contributed by atoms with Crippen LogP contribution in [0, 0.1) is 0 Å². The molecule has 0 bridgehead atoms. The minimum absolute atomic E-state index is 0.00996. The van der Waals surface area contributed by atoms with E-state index in [1.165, 1.54) is 0 Å². The summed E-state index contributed by atoms with van der Waals surface area (Å²) in [5.74, 6) is 0.152. The molecule has 1 aromatic rings. The van der Waals surface area contributed by atoms with Crippen LogP contribution in [0.15, 0.2) is 24.3 Å². The second-order valence-electron chi connectivity index (χ2n) is 6.98. The van der Waals surface area contributed by atoms with Crippen LogP contribution in [0.4, 0.5) is 0 Å². The average molecular weight is 395 g/mol. The Hall–Kier alpha value is -1.63. The van der Waals surface area contributed by atoms with Crippen molar-refractivity contribution in [1.29, 1.82) is 0 Å². The Balaban J connectivity index is 1.69. The molecule has 2 amide bonds. The van der Waals surface area contributed by atoms with Gasteiger partial charge in [-0.2, -0.15) is 0 Å². The van der Waals surface area contributed by atoms with Gasteiger partial charge in [0.2, 0.25) is 11.8 Å². The van der Waals surface area contributed by atoms with Crippen molar-refractivity contribution in [2.24, 2.45) is 0 Å². The molecule has 1 heterocycles. The van der Waals surface area contributed by atoms with Gasteiger partial charge in [-0.05, 0) is 25.0 Å². The average Bonchev–Trinajstić information content (AvgIpc) is 2.67. The molecule has 1 fully saturated rings. The van der Waals surface area contributed by atoms with E-state index in [9.17, 15) is 9.59 Å². The third kappa shape index (κ3) is 7.13. The van der Waals surface area contributed by atoms with Gasteiger partial charge in [0.25, 0.3) is 0 Å². The number of hydrogen-bond acceptors (Lipinski definition) is 4. The molecule has 0 unspecified atom stereocenters. The molecule has 1 saturated heterocycles. The smallest absolute Gasteiger partial charge is 0.236 e. The summed E-state index contributed by atoms with van der Waals surface area (Å²) in [5, 5.41) is 6.90. The number of nitrogens with zero attached hydrogens (tertiary/aromatic N) is 2. The number of rotatable bonds is 9. The Morgan fingerprint density at radius 2 is 1.89 bits per heavy atom. The maximum Gasteiger partial charge on any atom is 0.236 e. The number of piperazine rings is 1. The summed E-state index contributed by atoms with van der Waals surface area (Å²) >= 11 is 6.21. The number of amides is 2. The third-order valence-corrected chi connectivity index (χ3v) is 5.22. The molecule has 0 aliphatic carbocycles. The Labute approximate surface area is 167 Å². The molecule has 150 valence electrons. The Morgan fingerprint density at radius 1 is 1.19 bits per heavy atom. The molecular weight excluding hydrogens is 364 g/mol. The minimum atomic E-state index is 0.00996. The summed E-state index contributed by atoms with van der Waals surface area (Å²) in [5.41, 5.74) is 0.992. The van der Waals surface area contributed by atoms with E-state index in [1.54, 1.807) is 0 Å². The molecule has 1 atom stereocenters. The van der Waals surface area contributed by atoms with Crippen molar-refractivity contribution < 1.29 is 9.59 Å². The topological polar surface area (TPSA) is 64.7 Å². The highest BCUT2D eigenvalue weighted by molar-refractivity contribution is 6.31. The molecule has 0 aromatic heterocycles. The summed E-state index contributed by atoms with van der Waals surface area (Å²) in [6, 6.07) is 7.67. The minimum Gasteiger partial charge on any atom is -0.355 e. The van der Waals surface area contributed by atoms with Gasteiger partial charge in [0.1, 0.15) is 0 Å². The van der Waals surface area contributed by atoms with Crippen LogP contribution in [0.2, 0.25) is 5.02 Å². The summed E-state index contributed by atoms with van der Waals surface area (Å²) in [6.07, 6.45) is 2.08. The van der Waals surface area contributed by atoms with Crippen molar-refractivity contribution in [3.63, 3.8) is 0 Å². The van der Waals surface area contributed by atoms with Gasteiger partial charge in [0, 0.05) is 43.8 Å². The molecule has 1 aliphatic rings. The normalized spacial score (nSPS) is 16.2. The second kappa shape index (κ2) is 11.3. The number of hydrogen-bond donors (Lipinski definition) is 2. The van der Waals surface area contributed by atoms with Crippen molar-refractivity contribution in [1.82, 2.24) is 20.4 Å². The highest BCUT2D eigenvalue weighted by Crippen LogP contribution is 2.21. The van der Waals surface area contributed by atoms with E-state index in [2.05, 4.69) is 22.5 Å². The molecule has 1 aromatic carbocycles. The summed E-state index contributed by atoms with van der Waals surface area (Å²) < 4.78 is 0. The van der Waals surface area contributed by atoms with Crippen LogP contribution in [-0.2, 0) is 9.59 Å². The molecule has 0 spiro atoms. The van der Waals surface area contributed by atoms with E-state index in [4.69, 9.17) is 11.6 Å². The van der Waals surface area contributed by atoms with Crippen LogP contribution in [0.5, 0.6) is 0 Å². The first kappa shape index (κ1) is 21.7. The zero-order valence-electron chi connectivity index (χ0n) is 16.3. The zero-order chi connectivity index (χ0) is 19.6. The van der Waals surface area contributed by atoms with Crippen molar-refractivity contribution in [2.45, 2.75) is 32.7 Å². The Bertz CT molecular complexity index is 618. The first-order valence-corrected chi connectivity index (χ1v) is 10.1. The van der Waals surface area contributed by atoms with Crippen molar-refractivity contribution in [3.8, 4) is 0 Å². The fourth-order valence-electron chi connectivity index (χ4n) is 3.11.